The van der Waals surface area contributed by atoms with Crippen molar-refractivity contribution in [1.29, 1.82) is 0 Å². The van der Waals surface area contributed by atoms with E-state index in [9.17, 15) is 9.90 Å². The largest absolute Gasteiger partial charge is 0.504 e. The number of hydrogen-bond donors (Lipinski definition) is 1. The fourth-order valence-electron chi connectivity index (χ4n) is 3.41. The van der Waals surface area contributed by atoms with Crippen LogP contribution < -0.4 is 4.90 Å². The SMILES string of the molecule is CCOC(=O)c1c(N2CCCCC2)oc(/C=C2\C=Nc3ncccc32)c1O. The lowest BCUT2D eigenvalue weighted by molar-refractivity contribution is 0.0523. The third-order valence-corrected chi connectivity index (χ3v) is 4.72. The molecule has 27 heavy (non-hydrogen) atoms. The van der Waals surface area contributed by atoms with Crippen LogP contribution in [0, 0.1) is 0 Å². The third-order valence-electron chi connectivity index (χ3n) is 4.72. The molecule has 2 aromatic rings. The van der Waals surface area contributed by atoms with Gasteiger partial charge in [-0.3, -0.25) is 0 Å². The van der Waals surface area contributed by atoms with Crippen molar-refractivity contribution >= 4 is 35.5 Å². The maximum absolute atomic E-state index is 12.5. The second-order valence-corrected chi connectivity index (χ2v) is 6.50. The summed E-state index contributed by atoms with van der Waals surface area (Å²) >= 11 is 0. The predicted molar refractivity (Wildman–Crippen MR) is 103 cm³/mol. The second kappa shape index (κ2) is 7.26. The molecule has 0 radical (unpaired) electrons. The van der Waals surface area contributed by atoms with E-state index in [4.69, 9.17) is 9.15 Å². The van der Waals surface area contributed by atoms with Crippen LogP contribution in [0.2, 0.25) is 0 Å². The smallest absolute Gasteiger partial charge is 0.347 e. The molecule has 0 amide bonds. The van der Waals surface area contributed by atoms with Crippen LogP contribution in [0.3, 0.4) is 0 Å². The summed E-state index contributed by atoms with van der Waals surface area (Å²) in [4.78, 5) is 22.9. The van der Waals surface area contributed by atoms with E-state index in [1.165, 1.54) is 0 Å². The highest BCUT2D eigenvalue weighted by molar-refractivity contribution is 6.21. The topological polar surface area (TPSA) is 88.2 Å². The van der Waals surface area contributed by atoms with Crippen LogP contribution in [0.1, 0.15) is 47.9 Å². The third kappa shape index (κ3) is 3.20. The van der Waals surface area contributed by atoms with Gasteiger partial charge >= 0.3 is 5.97 Å². The number of ether oxygens (including phenoxy) is 1. The zero-order valence-electron chi connectivity index (χ0n) is 15.1. The fourth-order valence-corrected chi connectivity index (χ4v) is 3.41. The van der Waals surface area contributed by atoms with Gasteiger partial charge in [0.15, 0.2) is 22.9 Å². The molecule has 0 saturated carbocycles. The number of allylic oxidation sites excluding steroid dienone is 1. The molecule has 0 aliphatic carbocycles. The Morgan fingerprint density at radius 3 is 2.96 bits per heavy atom. The number of piperidine rings is 1. The average molecular weight is 367 g/mol. The van der Waals surface area contributed by atoms with E-state index in [1.807, 2.05) is 17.0 Å². The number of nitrogens with zero attached hydrogens (tertiary/aromatic N) is 3. The Morgan fingerprint density at radius 1 is 1.37 bits per heavy atom. The molecule has 2 aliphatic heterocycles. The van der Waals surface area contributed by atoms with Crippen molar-refractivity contribution in [3.63, 3.8) is 0 Å². The van der Waals surface area contributed by atoms with Crippen molar-refractivity contribution < 1.29 is 19.1 Å². The molecule has 0 bridgehead atoms. The van der Waals surface area contributed by atoms with Gasteiger partial charge in [0, 0.05) is 36.6 Å². The Morgan fingerprint density at radius 2 is 2.19 bits per heavy atom. The van der Waals surface area contributed by atoms with Crippen molar-refractivity contribution in [2.45, 2.75) is 26.2 Å². The summed E-state index contributed by atoms with van der Waals surface area (Å²) in [5, 5.41) is 10.7. The van der Waals surface area contributed by atoms with Crippen LogP contribution in [0.4, 0.5) is 11.7 Å². The number of rotatable bonds is 4. The van der Waals surface area contributed by atoms with Gasteiger partial charge in [0.05, 0.1) is 6.61 Å². The number of aromatic hydroxyl groups is 1. The van der Waals surface area contributed by atoms with Gasteiger partial charge in [-0.05, 0) is 44.4 Å². The number of pyridine rings is 1. The lowest BCUT2D eigenvalue weighted by Crippen LogP contribution is -2.30. The molecule has 1 fully saturated rings. The molecule has 2 aromatic heterocycles. The molecule has 0 aromatic carbocycles. The quantitative estimate of drug-likeness (QED) is 0.827. The lowest BCUT2D eigenvalue weighted by Gasteiger charge is -2.26. The number of fused-ring (bicyclic) bond motifs is 1. The summed E-state index contributed by atoms with van der Waals surface area (Å²) in [6.45, 7) is 3.52. The van der Waals surface area contributed by atoms with E-state index in [2.05, 4.69) is 9.98 Å². The van der Waals surface area contributed by atoms with Crippen LogP contribution in [0.5, 0.6) is 5.75 Å². The van der Waals surface area contributed by atoms with E-state index < -0.39 is 5.97 Å². The number of anilines is 1. The first-order valence-electron chi connectivity index (χ1n) is 9.18. The Labute approximate surface area is 157 Å². The molecule has 7 nitrogen and oxygen atoms in total. The Balaban J connectivity index is 1.77. The number of hydrogen-bond acceptors (Lipinski definition) is 7. The van der Waals surface area contributed by atoms with Gasteiger partial charge in [0.2, 0.25) is 5.88 Å². The molecule has 2 aliphatic rings. The molecule has 0 spiro atoms. The number of aromatic nitrogens is 1. The number of esters is 1. The fraction of sp³-hybridized carbons (Fsp3) is 0.350. The standard InChI is InChI=1S/C20H21N3O4/c1-2-26-20(25)16-17(24)15(27-19(16)23-9-4-3-5-10-23)11-13-12-22-18-14(13)7-6-8-21-18/h6-8,11-12,24H,2-5,9-10H2,1H3/b13-11+. The van der Waals surface area contributed by atoms with Gasteiger partial charge in [-0.25, -0.2) is 14.8 Å². The molecule has 0 atom stereocenters. The molecule has 1 saturated heterocycles. The summed E-state index contributed by atoms with van der Waals surface area (Å²) < 4.78 is 11.1. The summed E-state index contributed by atoms with van der Waals surface area (Å²) in [5.41, 5.74) is 1.71. The predicted octanol–water partition coefficient (Wildman–Crippen LogP) is 3.80. The maximum Gasteiger partial charge on any atom is 0.347 e. The van der Waals surface area contributed by atoms with Crippen molar-refractivity contribution in [3.05, 3.63) is 35.2 Å². The minimum absolute atomic E-state index is 0.0898. The molecular weight excluding hydrogens is 346 g/mol. The van der Waals surface area contributed by atoms with Crippen molar-refractivity contribution in [2.75, 3.05) is 24.6 Å². The monoisotopic (exact) mass is 367 g/mol. The van der Waals surface area contributed by atoms with Crippen LogP contribution in [0.25, 0.3) is 11.6 Å². The van der Waals surface area contributed by atoms with Gasteiger partial charge in [-0.2, -0.15) is 0 Å². The normalized spacial score (nSPS) is 17.4. The van der Waals surface area contributed by atoms with Gasteiger partial charge in [0.25, 0.3) is 0 Å². The Kier molecular flexibility index (Phi) is 4.66. The Bertz CT molecular complexity index is 923. The summed E-state index contributed by atoms with van der Waals surface area (Å²) in [7, 11) is 0. The highest BCUT2D eigenvalue weighted by Crippen LogP contribution is 2.40. The highest BCUT2D eigenvalue weighted by atomic mass is 16.5. The first-order valence-corrected chi connectivity index (χ1v) is 9.18. The van der Waals surface area contributed by atoms with Crippen molar-refractivity contribution in [1.82, 2.24) is 4.98 Å². The van der Waals surface area contributed by atoms with Gasteiger partial charge in [0.1, 0.15) is 0 Å². The van der Waals surface area contributed by atoms with E-state index in [0.29, 0.717) is 11.7 Å². The van der Waals surface area contributed by atoms with E-state index >= 15 is 0 Å². The first-order chi connectivity index (χ1) is 13.2. The minimum atomic E-state index is -0.578. The van der Waals surface area contributed by atoms with Crippen molar-refractivity contribution in [2.24, 2.45) is 4.99 Å². The lowest BCUT2D eigenvalue weighted by atomic mass is 10.1. The van der Waals surface area contributed by atoms with E-state index in [1.54, 1.807) is 25.4 Å². The summed E-state index contributed by atoms with van der Waals surface area (Å²) in [6.07, 6.45) is 8.22. The molecule has 1 N–H and O–H groups in total. The van der Waals surface area contributed by atoms with Gasteiger partial charge in [-0.15, -0.1) is 0 Å². The molecular formula is C20H21N3O4. The van der Waals surface area contributed by atoms with Crippen molar-refractivity contribution in [3.8, 4) is 5.75 Å². The van der Waals surface area contributed by atoms with Gasteiger partial charge in [-0.1, -0.05) is 0 Å². The van der Waals surface area contributed by atoms with E-state index in [0.717, 1.165) is 43.5 Å². The number of carbonyl (C=O) groups is 1. The maximum atomic E-state index is 12.5. The van der Waals surface area contributed by atoms with Crippen LogP contribution >= 0.6 is 0 Å². The number of aliphatic imine (C=N–C) groups is 1. The first kappa shape index (κ1) is 17.3. The van der Waals surface area contributed by atoms with Crippen LogP contribution in [0.15, 0.2) is 27.7 Å². The molecule has 140 valence electrons. The van der Waals surface area contributed by atoms with Crippen LogP contribution in [-0.2, 0) is 4.74 Å². The summed E-state index contributed by atoms with van der Waals surface area (Å²) in [6, 6.07) is 3.73. The second-order valence-electron chi connectivity index (χ2n) is 6.50. The zero-order valence-corrected chi connectivity index (χ0v) is 15.1. The van der Waals surface area contributed by atoms with E-state index in [-0.39, 0.29) is 23.7 Å². The zero-order chi connectivity index (χ0) is 18.8. The average Bonchev–Trinajstić information content (AvgIpc) is 3.25. The minimum Gasteiger partial charge on any atom is -0.504 e. The number of furan rings is 1. The van der Waals surface area contributed by atoms with Crippen LogP contribution in [-0.4, -0.2) is 42.0 Å². The number of carbonyl (C=O) groups excluding carboxylic acids is 1. The van der Waals surface area contributed by atoms with Gasteiger partial charge < -0.3 is 19.2 Å². The highest BCUT2D eigenvalue weighted by Gasteiger charge is 2.30. The molecule has 7 heteroatoms. The summed E-state index contributed by atoms with van der Waals surface area (Å²) in [5.74, 6) is 0.436. The molecule has 4 rings (SSSR count). The Hall–Kier alpha value is -3.09. The molecule has 4 heterocycles. The molecule has 0 unspecified atom stereocenters.